The number of Topliss-reactive ketones (excluding diaryl/α,β-unsaturated/α-hetero) is 1. The Bertz CT molecular complexity index is 705. The van der Waals surface area contributed by atoms with Crippen molar-refractivity contribution in [3.05, 3.63) is 53.0 Å². The van der Waals surface area contributed by atoms with E-state index in [2.05, 4.69) is 6.92 Å². The van der Waals surface area contributed by atoms with Crippen LogP contribution in [0.2, 0.25) is 5.02 Å². The van der Waals surface area contributed by atoms with Gasteiger partial charge in [0.05, 0.1) is 11.6 Å². The van der Waals surface area contributed by atoms with E-state index in [1.807, 2.05) is 30.3 Å². The zero-order valence-electron chi connectivity index (χ0n) is 16.0. The third kappa shape index (κ3) is 7.00. The van der Waals surface area contributed by atoms with E-state index in [1.165, 1.54) is 12.1 Å². The smallest absolute Gasteiger partial charge is 0.165 e. The lowest BCUT2D eigenvalue weighted by atomic mass is 9.94. The molecule has 27 heavy (non-hydrogen) atoms. The fourth-order valence-electron chi connectivity index (χ4n) is 2.94. The molecule has 0 fully saturated rings. The fourth-order valence-corrected chi connectivity index (χ4v) is 3.06. The minimum absolute atomic E-state index is 0.0752. The van der Waals surface area contributed by atoms with Crippen LogP contribution in [-0.4, -0.2) is 36.9 Å². The Hall–Kier alpha value is -1.85. The van der Waals surface area contributed by atoms with E-state index in [-0.39, 0.29) is 16.8 Å². The van der Waals surface area contributed by atoms with Crippen molar-refractivity contribution in [3.8, 4) is 5.75 Å². The molecule has 1 aromatic carbocycles. The molecule has 0 saturated heterocycles. The van der Waals surface area contributed by atoms with Gasteiger partial charge in [-0.05, 0) is 30.9 Å². The normalized spacial score (nSPS) is 16.0. The van der Waals surface area contributed by atoms with E-state index in [1.54, 1.807) is 6.07 Å². The number of carbonyl (C=O) groups excluding carboxylic acids is 1. The summed E-state index contributed by atoms with van der Waals surface area (Å²) >= 11 is 5.68. The highest BCUT2D eigenvalue weighted by Crippen LogP contribution is 2.22. The third-order valence-corrected chi connectivity index (χ3v) is 5.03. The van der Waals surface area contributed by atoms with Crippen LogP contribution in [0, 0.1) is 11.7 Å². The Labute approximate surface area is 165 Å². The topological polar surface area (TPSA) is 55.6 Å². The monoisotopic (exact) mass is 394 g/mol. The average Bonchev–Trinajstić information content (AvgIpc) is 2.64. The molecule has 2 unspecified atom stereocenters. The molecule has 1 aliphatic heterocycles. The van der Waals surface area contributed by atoms with Crippen molar-refractivity contribution < 1.29 is 13.9 Å². The summed E-state index contributed by atoms with van der Waals surface area (Å²) in [6.45, 7) is 3.38. The summed E-state index contributed by atoms with van der Waals surface area (Å²) in [5, 5.41) is 0.0825. The van der Waals surface area contributed by atoms with Crippen LogP contribution in [0.25, 0.3) is 0 Å². The Morgan fingerprint density at radius 1 is 1.41 bits per heavy atom. The number of likely N-dealkylation sites (N-methyl/N-ethyl adjacent to an activating group) is 1. The van der Waals surface area contributed by atoms with Crippen LogP contribution in [-0.2, 0) is 4.79 Å². The van der Waals surface area contributed by atoms with Gasteiger partial charge in [0.15, 0.2) is 5.78 Å². The van der Waals surface area contributed by atoms with Crippen LogP contribution in [0.4, 0.5) is 4.39 Å². The Morgan fingerprint density at radius 3 is 2.85 bits per heavy atom. The van der Waals surface area contributed by atoms with Crippen LogP contribution in [0.3, 0.4) is 0 Å². The molecule has 6 heteroatoms. The van der Waals surface area contributed by atoms with Crippen molar-refractivity contribution in [2.24, 2.45) is 11.7 Å². The fraction of sp³-hybridized carbons (Fsp3) is 0.476. The molecule has 1 heterocycles. The van der Waals surface area contributed by atoms with Gasteiger partial charge in [-0.1, -0.05) is 37.1 Å². The molecule has 0 radical (unpaired) electrons. The van der Waals surface area contributed by atoms with Crippen LogP contribution in [0.5, 0.6) is 5.75 Å². The standard InChI is InChI=1S/C21H28ClFN2O2/c1-3-15(14-27-18-8-9-19(22)20(23)12-18)6-7-17(24)11-21(26)16-5-4-10-25(2)13-16/h4-5,8-9,12-13,15,17H,3,6-7,10-11,14,24H2,1-2H3. The van der Waals surface area contributed by atoms with Crippen molar-refractivity contribution in [1.82, 2.24) is 4.90 Å². The first kappa shape index (κ1) is 21.5. The minimum Gasteiger partial charge on any atom is -0.493 e. The van der Waals surface area contributed by atoms with Crippen LogP contribution in [0.1, 0.15) is 32.6 Å². The molecule has 0 amide bonds. The largest absolute Gasteiger partial charge is 0.493 e. The number of benzene rings is 1. The first-order chi connectivity index (χ1) is 12.9. The number of hydrogen-bond donors (Lipinski definition) is 1. The van der Waals surface area contributed by atoms with Gasteiger partial charge in [0.25, 0.3) is 0 Å². The molecular formula is C21H28ClFN2O2. The van der Waals surface area contributed by atoms with Crippen molar-refractivity contribution in [1.29, 1.82) is 0 Å². The quantitative estimate of drug-likeness (QED) is 0.641. The lowest BCUT2D eigenvalue weighted by Gasteiger charge is -2.20. The Balaban J connectivity index is 1.76. The molecule has 0 aromatic heterocycles. The van der Waals surface area contributed by atoms with Crippen molar-refractivity contribution in [3.63, 3.8) is 0 Å². The van der Waals surface area contributed by atoms with E-state index >= 15 is 0 Å². The molecule has 1 aliphatic rings. The van der Waals surface area contributed by atoms with Crippen molar-refractivity contribution in [2.75, 3.05) is 20.2 Å². The predicted molar refractivity (Wildman–Crippen MR) is 107 cm³/mol. The lowest BCUT2D eigenvalue weighted by molar-refractivity contribution is -0.115. The number of halogens is 2. The minimum atomic E-state index is -0.487. The lowest BCUT2D eigenvalue weighted by Crippen LogP contribution is -2.27. The number of carbonyl (C=O) groups is 1. The summed E-state index contributed by atoms with van der Waals surface area (Å²) in [6, 6.07) is 4.26. The second-order valence-electron chi connectivity index (χ2n) is 7.05. The summed E-state index contributed by atoms with van der Waals surface area (Å²) in [6.07, 6.45) is 8.57. The number of hydrogen-bond acceptors (Lipinski definition) is 4. The zero-order valence-corrected chi connectivity index (χ0v) is 16.7. The van der Waals surface area contributed by atoms with Crippen molar-refractivity contribution >= 4 is 17.4 Å². The summed E-state index contributed by atoms with van der Waals surface area (Å²) in [5.41, 5.74) is 6.88. The van der Waals surface area contributed by atoms with E-state index in [4.69, 9.17) is 22.1 Å². The molecule has 0 spiro atoms. The summed E-state index contributed by atoms with van der Waals surface area (Å²) in [5.74, 6) is 0.352. The highest BCUT2D eigenvalue weighted by Gasteiger charge is 2.17. The molecule has 148 valence electrons. The van der Waals surface area contributed by atoms with Gasteiger partial charge in [0.2, 0.25) is 0 Å². The van der Waals surface area contributed by atoms with Gasteiger partial charge in [-0.15, -0.1) is 0 Å². The highest BCUT2D eigenvalue weighted by atomic mass is 35.5. The molecule has 0 bridgehead atoms. The van der Waals surface area contributed by atoms with Gasteiger partial charge in [-0.3, -0.25) is 4.79 Å². The van der Waals surface area contributed by atoms with E-state index in [0.717, 1.165) is 25.8 Å². The molecule has 0 aliphatic carbocycles. The molecule has 2 atom stereocenters. The number of nitrogens with two attached hydrogens (primary N) is 1. The second-order valence-corrected chi connectivity index (χ2v) is 7.46. The average molecular weight is 395 g/mol. The molecular weight excluding hydrogens is 367 g/mol. The van der Waals surface area contributed by atoms with Crippen LogP contribution >= 0.6 is 11.6 Å². The first-order valence-electron chi connectivity index (χ1n) is 9.34. The van der Waals surface area contributed by atoms with Crippen molar-refractivity contribution in [2.45, 2.75) is 38.6 Å². The van der Waals surface area contributed by atoms with Gasteiger partial charge in [-0.2, -0.15) is 0 Å². The number of ether oxygens (including phenoxy) is 1. The van der Waals surface area contributed by atoms with Gasteiger partial charge in [-0.25, -0.2) is 4.39 Å². The summed E-state index contributed by atoms with van der Waals surface area (Å²) < 4.78 is 19.2. The van der Waals surface area contributed by atoms with E-state index in [0.29, 0.717) is 30.3 Å². The number of ketones is 1. The van der Waals surface area contributed by atoms with Gasteiger partial charge in [0, 0.05) is 43.9 Å². The Kier molecular flexibility index (Phi) is 8.32. The maximum Gasteiger partial charge on any atom is 0.165 e. The SMILES string of the molecule is CCC(CCC(N)CC(=O)C1=CN(C)CC=C1)COc1ccc(Cl)c(F)c1. The molecule has 4 nitrogen and oxygen atoms in total. The number of rotatable bonds is 10. The molecule has 0 saturated carbocycles. The third-order valence-electron chi connectivity index (χ3n) is 4.72. The number of nitrogens with zero attached hydrogens (tertiary/aromatic N) is 1. The number of allylic oxidation sites excluding steroid dienone is 2. The van der Waals surface area contributed by atoms with Crippen LogP contribution in [0.15, 0.2) is 42.1 Å². The first-order valence-corrected chi connectivity index (χ1v) is 9.72. The van der Waals surface area contributed by atoms with E-state index in [9.17, 15) is 9.18 Å². The van der Waals surface area contributed by atoms with Gasteiger partial charge in [0.1, 0.15) is 11.6 Å². The zero-order chi connectivity index (χ0) is 19.8. The van der Waals surface area contributed by atoms with Gasteiger partial charge < -0.3 is 15.4 Å². The van der Waals surface area contributed by atoms with E-state index < -0.39 is 5.82 Å². The highest BCUT2D eigenvalue weighted by molar-refractivity contribution is 6.30. The second kappa shape index (κ2) is 10.5. The summed E-state index contributed by atoms with van der Waals surface area (Å²) in [7, 11) is 1.94. The maximum absolute atomic E-state index is 13.5. The van der Waals surface area contributed by atoms with Gasteiger partial charge >= 0.3 is 0 Å². The molecule has 2 N–H and O–H groups in total. The molecule has 2 rings (SSSR count). The maximum atomic E-state index is 13.5. The summed E-state index contributed by atoms with van der Waals surface area (Å²) in [4.78, 5) is 14.3. The van der Waals surface area contributed by atoms with Crippen LogP contribution < -0.4 is 10.5 Å². The predicted octanol–water partition coefficient (Wildman–Crippen LogP) is 4.34. The molecule has 1 aromatic rings. The Morgan fingerprint density at radius 2 is 2.19 bits per heavy atom.